The van der Waals surface area contributed by atoms with E-state index in [1.54, 1.807) is 14.0 Å². The summed E-state index contributed by atoms with van der Waals surface area (Å²) in [5.41, 5.74) is 1.03. The highest BCUT2D eigenvalue weighted by Gasteiger charge is 2.18. The Kier molecular flexibility index (Phi) is 6.90. The highest BCUT2D eigenvalue weighted by molar-refractivity contribution is 6.35. The Hall–Kier alpha value is -2.24. The Morgan fingerprint density at radius 1 is 1.12 bits per heavy atom. The molecule has 0 radical (unpaired) electrons. The summed E-state index contributed by atoms with van der Waals surface area (Å²) in [7, 11) is 1.63. The lowest BCUT2D eigenvalue weighted by atomic mass is 10.1. The van der Waals surface area contributed by atoms with Gasteiger partial charge in [-0.2, -0.15) is 0 Å². The Labute approximate surface area is 142 Å². The van der Waals surface area contributed by atoms with Crippen molar-refractivity contribution in [2.75, 3.05) is 20.2 Å². The number of benzene rings is 1. The maximum Gasteiger partial charge on any atom is 0.309 e. The number of carbonyl (C=O) groups is 2. The summed E-state index contributed by atoms with van der Waals surface area (Å²) >= 11 is 0. The van der Waals surface area contributed by atoms with Crippen LogP contribution in [-0.4, -0.2) is 38.1 Å². The van der Waals surface area contributed by atoms with E-state index in [0.717, 1.165) is 29.9 Å². The third kappa shape index (κ3) is 5.15. The van der Waals surface area contributed by atoms with Gasteiger partial charge in [0.2, 0.25) is 0 Å². The van der Waals surface area contributed by atoms with E-state index in [1.807, 2.05) is 18.2 Å². The van der Waals surface area contributed by atoms with Crippen LogP contribution < -0.4 is 20.1 Å². The number of likely N-dealkylation sites (N-methyl/N-ethyl adjacent to an activating group) is 1. The minimum atomic E-state index is -0.604. The van der Waals surface area contributed by atoms with Crippen molar-refractivity contribution in [3.63, 3.8) is 0 Å². The van der Waals surface area contributed by atoms with E-state index in [1.165, 1.54) is 12.8 Å². The van der Waals surface area contributed by atoms with E-state index >= 15 is 0 Å². The topological polar surface area (TPSA) is 76.7 Å². The maximum absolute atomic E-state index is 11.6. The molecule has 0 aliphatic heterocycles. The van der Waals surface area contributed by atoms with Crippen LogP contribution in [0.4, 0.5) is 0 Å². The molecule has 24 heavy (non-hydrogen) atoms. The molecular formula is C18H26N2O4. The Bertz CT molecular complexity index is 568. The quantitative estimate of drug-likeness (QED) is 0.746. The number of nitrogens with one attached hydrogen (secondary N) is 2. The number of ether oxygens (including phenoxy) is 2. The number of carbonyl (C=O) groups excluding carboxylic acids is 2. The van der Waals surface area contributed by atoms with Crippen LogP contribution in [0.5, 0.6) is 11.5 Å². The van der Waals surface area contributed by atoms with E-state index in [0.29, 0.717) is 19.5 Å². The van der Waals surface area contributed by atoms with Gasteiger partial charge in [-0.15, -0.1) is 0 Å². The van der Waals surface area contributed by atoms with Gasteiger partial charge in [-0.1, -0.05) is 6.07 Å². The van der Waals surface area contributed by atoms with Crippen molar-refractivity contribution in [3.05, 3.63) is 23.8 Å². The average molecular weight is 334 g/mol. The molecule has 132 valence electrons. The van der Waals surface area contributed by atoms with Crippen LogP contribution >= 0.6 is 0 Å². The van der Waals surface area contributed by atoms with Crippen molar-refractivity contribution < 1.29 is 19.1 Å². The first kappa shape index (κ1) is 18.1. The molecule has 2 rings (SSSR count). The number of rotatable bonds is 7. The van der Waals surface area contributed by atoms with Crippen LogP contribution in [0, 0.1) is 0 Å². The fraction of sp³-hybridized carbons (Fsp3) is 0.556. The second kappa shape index (κ2) is 9.15. The largest absolute Gasteiger partial charge is 0.493 e. The molecule has 0 spiro atoms. The Morgan fingerprint density at radius 3 is 2.50 bits per heavy atom. The first-order valence-corrected chi connectivity index (χ1v) is 8.53. The van der Waals surface area contributed by atoms with Gasteiger partial charge in [0, 0.05) is 13.1 Å². The zero-order chi connectivity index (χ0) is 17.4. The molecule has 0 aromatic heterocycles. The van der Waals surface area contributed by atoms with Crippen molar-refractivity contribution >= 4 is 11.8 Å². The summed E-state index contributed by atoms with van der Waals surface area (Å²) in [6, 6.07) is 5.78. The smallest absolute Gasteiger partial charge is 0.309 e. The SMILES string of the molecule is CCNC(=O)C(=O)NCCc1ccc(OC)c(OC2CCCC2)c1. The molecule has 1 fully saturated rings. The van der Waals surface area contributed by atoms with E-state index < -0.39 is 11.8 Å². The molecule has 0 heterocycles. The van der Waals surface area contributed by atoms with E-state index in [2.05, 4.69) is 10.6 Å². The van der Waals surface area contributed by atoms with Gasteiger partial charge in [0.15, 0.2) is 11.5 Å². The van der Waals surface area contributed by atoms with Crippen molar-refractivity contribution in [2.24, 2.45) is 0 Å². The zero-order valence-electron chi connectivity index (χ0n) is 14.4. The summed E-state index contributed by atoms with van der Waals surface area (Å²) in [4.78, 5) is 22.9. The molecule has 6 heteroatoms. The minimum absolute atomic E-state index is 0.256. The second-order valence-electron chi connectivity index (χ2n) is 5.87. The molecule has 0 atom stereocenters. The number of amides is 2. The summed E-state index contributed by atoms with van der Waals surface area (Å²) in [5.74, 6) is 0.263. The summed E-state index contributed by atoms with van der Waals surface area (Å²) < 4.78 is 11.4. The molecule has 0 unspecified atom stereocenters. The Balaban J connectivity index is 1.90. The predicted molar refractivity (Wildman–Crippen MR) is 91.3 cm³/mol. The fourth-order valence-corrected chi connectivity index (χ4v) is 2.80. The van der Waals surface area contributed by atoms with Crippen LogP contribution in [0.15, 0.2) is 18.2 Å². The van der Waals surface area contributed by atoms with Gasteiger partial charge in [0.05, 0.1) is 13.2 Å². The van der Waals surface area contributed by atoms with Crippen molar-refractivity contribution in [3.8, 4) is 11.5 Å². The van der Waals surface area contributed by atoms with Gasteiger partial charge in [0.25, 0.3) is 0 Å². The maximum atomic E-state index is 11.6. The molecule has 1 aliphatic carbocycles. The first-order valence-electron chi connectivity index (χ1n) is 8.53. The monoisotopic (exact) mass is 334 g/mol. The van der Waals surface area contributed by atoms with Gasteiger partial charge >= 0.3 is 11.8 Å². The molecule has 1 saturated carbocycles. The lowest BCUT2D eigenvalue weighted by Crippen LogP contribution is -2.40. The molecule has 1 aromatic carbocycles. The molecule has 2 amide bonds. The number of hydrogen-bond donors (Lipinski definition) is 2. The normalized spacial score (nSPS) is 14.2. The van der Waals surface area contributed by atoms with Gasteiger partial charge in [-0.3, -0.25) is 9.59 Å². The standard InChI is InChI=1S/C18H26N2O4/c1-3-19-17(21)18(22)20-11-10-13-8-9-15(23-2)16(12-13)24-14-6-4-5-7-14/h8-9,12,14H,3-7,10-11H2,1-2H3,(H,19,21)(H,20,22). The third-order valence-electron chi connectivity index (χ3n) is 4.07. The number of hydrogen-bond acceptors (Lipinski definition) is 4. The lowest BCUT2D eigenvalue weighted by Gasteiger charge is -2.17. The second-order valence-corrected chi connectivity index (χ2v) is 5.87. The first-order chi connectivity index (χ1) is 11.6. The van der Waals surface area contributed by atoms with Crippen molar-refractivity contribution in [2.45, 2.75) is 45.1 Å². The van der Waals surface area contributed by atoms with Gasteiger partial charge in [-0.05, 0) is 56.7 Å². The van der Waals surface area contributed by atoms with Crippen molar-refractivity contribution in [1.29, 1.82) is 0 Å². The van der Waals surface area contributed by atoms with Crippen LogP contribution in [-0.2, 0) is 16.0 Å². The van der Waals surface area contributed by atoms with Crippen molar-refractivity contribution in [1.82, 2.24) is 10.6 Å². The third-order valence-corrected chi connectivity index (χ3v) is 4.07. The van der Waals surface area contributed by atoms with Crippen LogP contribution in [0.1, 0.15) is 38.2 Å². The van der Waals surface area contributed by atoms with E-state index in [4.69, 9.17) is 9.47 Å². The highest BCUT2D eigenvalue weighted by atomic mass is 16.5. The summed E-state index contributed by atoms with van der Waals surface area (Å²) in [6.45, 7) is 2.60. The zero-order valence-corrected chi connectivity index (χ0v) is 14.4. The molecule has 6 nitrogen and oxygen atoms in total. The fourth-order valence-electron chi connectivity index (χ4n) is 2.80. The molecule has 2 N–H and O–H groups in total. The van der Waals surface area contributed by atoms with Gasteiger partial charge in [-0.25, -0.2) is 0 Å². The minimum Gasteiger partial charge on any atom is -0.493 e. The molecular weight excluding hydrogens is 308 g/mol. The van der Waals surface area contributed by atoms with Gasteiger partial charge in [0.1, 0.15) is 0 Å². The molecule has 0 saturated heterocycles. The molecule has 1 aliphatic rings. The van der Waals surface area contributed by atoms with Gasteiger partial charge < -0.3 is 20.1 Å². The van der Waals surface area contributed by atoms with Crippen LogP contribution in [0.2, 0.25) is 0 Å². The Morgan fingerprint density at radius 2 is 1.83 bits per heavy atom. The van der Waals surface area contributed by atoms with E-state index in [9.17, 15) is 9.59 Å². The van der Waals surface area contributed by atoms with Crippen LogP contribution in [0.3, 0.4) is 0 Å². The average Bonchev–Trinajstić information content (AvgIpc) is 3.08. The summed E-state index contributed by atoms with van der Waals surface area (Å²) in [5, 5.41) is 5.08. The lowest BCUT2D eigenvalue weighted by molar-refractivity contribution is -0.139. The summed E-state index contributed by atoms with van der Waals surface area (Å²) in [6.07, 6.45) is 5.45. The number of methoxy groups -OCH3 is 1. The van der Waals surface area contributed by atoms with Crippen LogP contribution in [0.25, 0.3) is 0 Å². The predicted octanol–water partition coefficient (Wildman–Crippen LogP) is 1.81. The highest BCUT2D eigenvalue weighted by Crippen LogP contribution is 2.32. The molecule has 0 bridgehead atoms. The molecule has 1 aromatic rings. The van der Waals surface area contributed by atoms with E-state index in [-0.39, 0.29) is 6.10 Å².